The fourth-order valence-corrected chi connectivity index (χ4v) is 8.74. The van der Waals surface area contributed by atoms with E-state index >= 15 is 0 Å². The standard InChI is InChI=1S/C25H53BrS/c1-4-7-10-13-16-19-22-25-27(26,23-20-17-14-11-8-5-2)24-21-18-15-12-9-6-3/h4-25H2,1-3H3. The molecule has 0 saturated heterocycles. The van der Waals surface area contributed by atoms with Gasteiger partial charge in [-0.05, 0) is 51.3 Å². The topological polar surface area (TPSA) is 0 Å². The molecule has 0 aromatic heterocycles. The fourth-order valence-electron chi connectivity index (χ4n) is 3.91. The van der Waals surface area contributed by atoms with E-state index in [2.05, 4.69) is 35.6 Å². The van der Waals surface area contributed by atoms with Gasteiger partial charge < -0.3 is 0 Å². The Balaban J connectivity index is 4.02. The third-order valence-electron chi connectivity index (χ3n) is 5.84. The van der Waals surface area contributed by atoms with E-state index in [9.17, 15) is 0 Å². The van der Waals surface area contributed by atoms with Crippen molar-refractivity contribution in [3.05, 3.63) is 0 Å². The van der Waals surface area contributed by atoms with Crippen LogP contribution < -0.4 is 0 Å². The molecule has 0 atom stereocenters. The summed E-state index contributed by atoms with van der Waals surface area (Å²) in [6.07, 6.45) is 27.4. The minimum atomic E-state index is -0.509. The van der Waals surface area contributed by atoms with Crippen LogP contribution in [-0.2, 0) is 0 Å². The Kier molecular flexibility index (Phi) is 22.2. The SMILES string of the molecule is CCCCCCCCCS(Br)(CCCCCCCC)CCCCCCCC. The van der Waals surface area contributed by atoms with Crippen LogP contribution in [0.15, 0.2) is 0 Å². The van der Waals surface area contributed by atoms with Crippen LogP contribution in [0.25, 0.3) is 0 Å². The summed E-state index contributed by atoms with van der Waals surface area (Å²) in [6, 6.07) is 0. The first-order valence-electron chi connectivity index (χ1n) is 12.6. The van der Waals surface area contributed by atoms with E-state index in [1.165, 1.54) is 139 Å². The Bertz CT molecular complexity index is 263. The van der Waals surface area contributed by atoms with Gasteiger partial charge in [0.15, 0.2) is 0 Å². The summed E-state index contributed by atoms with van der Waals surface area (Å²) >= 11 is 4.33. The first-order valence-corrected chi connectivity index (χ1v) is 16.6. The van der Waals surface area contributed by atoms with Gasteiger partial charge in [0.25, 0.3) is 0 Å². The summed E-state index contributed by atoms with van der Waals surface area (Å²) in [5.74, 6) is 4.47. The summed E-state index contributed by atoms with van der Waals surface area (Å²) in [7, 11) is -0.509. The second-order valence-electron chi connectivity index (χ2n) is 8.71. The molecule has 0 heterocycles. The molecule has 0 unspecified atom stereocenters. The lowest BCUT2D eigenvalue weighted by molar-refractivity contribution is 0.602. The summed E-state index contributed by atoms with van der Waals surface area (Å²) in [6.45, 7) is 6.94. The van der Waals surface area contributed by atoms with Gasteiger partial charge in [0.2, 0.25) is 0 Å². The maximum absolute atomic E-state index is 4.33. The smallest absolute Gasteiger partial charge is 0.0136 e. The molecule has 166 valence electrons. The lowest BCUT2D eigenvalue weighted by Gasteiger charge is -2.34. The molecular weight excluding hydrogens is 412 g/mol. The van der Waals surface area contributed by atoms with Crippen LogP contribution in [0.3, 0.4) is 0 Å². The van der Waals surface area contributed by atoms with Crippen LogP contribution in [0.2, 0.25) is 0 Å². The highest BCUT2D eigenvalue weighted by molar-refractivity contribution is 9.58. The van der Waals surface area contributed by atoms with Crippen molar-refractivity contribution in [3.63, 3.8) is 0 Å². The zero-order valence-corrected chi connectivity index (χ0v) is 21.7. The zero-order chi connectivity index (χ0) is 20.1. The summed E-state index contributed by atoms with van der Waals surface area (Å²) in [5, 5.41) is 0. The summed E-state index contributed by atoms with van der Waals surface area (Å²) < 4.78 is 0. The molecule has 0 spiro atoms. The molecule has 0 fully saturated rings. The number of rotatable bonds is 22. The predicted octanol–water partition coefficient (Wildman–Crippen LogP) is 10.6. The molecule has 0 bridgehead atoms. The average Bonchev–Trinajstić information content (AvgIpc) is 2.67. The van der Waals surface area contributed by atoms with Crippen molar-refractivity contribution in [1.29, 1.82) is 0 Å². The second-order valence-corrected chi connectivity index (χ2v) is 15.9. The Morgan fingerprint density at radius 1 is 0.370 bits per heavy atom. The number of unbranched alkanes of at least 4 members (excludes halogenated alkanes) is 16. The summed E-state index contributed by atoms with van der Waals surface area (Å²) in [4.78, 5) is 0. The van der Waals surface area contributed by atoms with Gasteiger partial charge in [0.1, 0.15) is 0 Å². The average molecular weight is 466 g/mol. The minimum Gasteiger partial charge on any atom is -0.183 e. The van der Waals surface area contributed by atoms with Gasteiger partial charge in [-0.3, -0.25) is 0 Å². The van der Waals surface area contributed by atoms with E-state index < -0.39 is 8.46 Å². The van der Waals surface area contributed by atoms with Crippen molar-refractivity contribution in [2.45, 2.75) is 143 Å². The third-order valence-corrected chi connectivity index (χ3v) is 11.8. The van der Waals surface area contributed by atoms with Crippen molar-refractivity contribution in [3.8, 4) is 0 Å². The number of hydrogen-bond acceptors (Lipinski definition) is 0. The quantitative estimate of drug-likeness (QED) is 0.139. The molecule has 0 N–H and O–H groups in total. The van der Waals surface area contributed by atoms with Crippen LogP contribution in [0.4, 0.5) is 0 Å². The largest absolute Gasteiger partial charge is 0.183 e. The van der Waals surface area contributed by atoms with Crippen LogP contribution in [-0.4, -0.2) is 17.3 Å². The predicted molar refractivity (Wildman–Crippen MR) is 136 cm³/mol. The van der Waals surface area contributed by atoms with Crippen LogP contribution >= 0.6 is 23.3 Å². The van der Waals surface area contributed by atoms with Gasteiger partial charge in [-0.2, -0.15) is 8.46 Å². The van der Waals surface area contributed by atoms with Crippen molar-refractivity contribution in [2.75, 3.05) is 17.3 Å². The Morgan fingerprint density at radius 3 is 0.852 bits per heavy atom. The molecule has 0 aliphatic heterocycles. The van der Waals surface area contributed by atoms with Crippen LogP contribution in [0.1, 0.15) is 143 Å². The van der Waals surface area contributed by atoms with E-state index in [1.807, 2.05) is 0 Å². The molecule has 2 heteroatoms. The molecule has 27 heavy (non-hydrogen) atoms. The van der Waals surface area contributed by atoms with E-state index in [4.69, 9.17) is 0 Å². The molecule has 0 saturated carbocycles. The monoisotopic (exact) mass is 464 g/mol. The highest BCUT2D eigenvalue weighted by Gasteiger charge is 2.19. The van der Waals surface area contributed by atoms with Crippen molar-refractivity contribution >= 4 is 23.3 Å². The molecule has 0 amide bonds. The third kappa shape index (κ3) is 19.9. The van der Waals surface area contributed by atoms with E-state index in [1.54, 1.807) is 0 Å². The minimum absolute atomic E-state index is 0.509. The molecule has 0 nitrogen and oxygen atoms in total. The lowest BCUT2D eigenvalue weighted by atomic mass is 10.1. The number of halogens is 1. The highest BCUT2D eigenvalue weighted by atomic mass is 79.9. The molecule has 0 aliphatic carbocycles. The second kappa shape index (κ2) is 21.5. The zero-order valence-electron chi connectivity index (χ0n) is 19.3. The van der Waals surface area contributed by atoms with E-state index in [0.717, 1.165) is 0 Å². The maximum Gasteiger partial charge on any atom is -0.0136 e. The van der Waals surface area contributed by atoms with Gasteiger partial charge in [0, 0.05) is 0 Å². The van der Waals surface area contributed by atoms with Gasteiger partial charge >= 0.3 is 0 Å². The van der Waals surface area contributed by atoms with E-state index in [0.29, 0.717) is 0 Å². The molecule has 0 aromatic carbocycles. The molecule has 0 aromatic rings. The van der Waals surface area contributed by atoms with Crippen LogP contribution in [0, 0.1) is 0 Å². The van der Waals surface area contributed by atoms with Crippen LogP contribution in [0.5, 0.6) is 0 Å². The number of hydrogen-bond donors (Lipinski definition) is 0. The lowest BCUT2D eigenvalue weighted by Crippen LogP contribution is -2.08. The van der Waals surface area contributed by atoms with Crippen molar-refractivity contribution < 1.29 is 0 Å². The molecule has 0 rings (SSSR count). The first kappa shape index (κ1) is 27.8. The Morgan fingerprint density at radius 2 is 0.593 bits per heavy atom. The van der Waals surface area contributed by atoms with Gasteiger partial charge in [-0.15, -0.1) is 0 Å². The first-order chi connectivity index (χ1) is 13.2. The fraction of sp³-hybridized carbons (Fsp3) is 1.00. The highest BCUT2D eigenvalue weighted by Crippen LogP contribution is 2.57. The van der Waals surface area contributed by atoms with Gasteiger partial charge in [0.05, 0.1) is 0 Å². The van der Waals surface area contributed by atoms with Crippen molar-refractivity contribution in [1.82, 2.24) is 0 Å². The maximum atomic E-state index is 4.33. The normalized spacial score (nSPS) is 12.6. The van der Waals surface area contributed by atoms with E-state index in [-0.39, 0.29) is 0 Å². The van der Waals surface area contributed by atoms with Gasteiger partial charge in [-0.1, -0.05) is 124 Å². The molecular formula is C25H53BrS. The molecule has 0 aliphatic rings. The van der Waals surface area contributed by atoms with Gasteiger partial charge in [-0.25, -0.2) is 0 Å². The van der Waals surface area contributed by atoms with Crippen molar-refractivity contribution in [2.24, 2.45) is 0 Å². The Hall–Kier alpha value is 0.830. The molecule has 0 radical (unpaired) electrons. The Labute approximate surface area is 182 Å². The summed E-state index contributed by atoms with van der Waals surface area (Å²) in [5.41, 5.74) is 0.